The topological polar surface area (TPSA) is 107 Å². The maximum atomic E-state index is 14.0. The van der Waals surface area contributed by atoms with Crippen LogP contribution in [-0.4, -0.2) is 53.5 Å². The van der Waals surface area contributed by atoms with Gasteiger partial charge in [-0.15, -0.1) is 5.10 Å². The van der Waals surface area contributed by atoms with Crippen molar-refractivity contribution < 1.29 is 32.5 Å². The van der Waals surface area contributed by atoms with Crippen molar-refractivity contribution >= 4 is 11.6 Å². The molecule has 2 aromatic carbocycles. The van der Waals surface area contributed by atoms with Gasteiger partial charge in [0.2, 0.25) is 0 Å². The molecule has 4 aromatic rings. The van der Waals surface area contributed by atoms with E-state index in [2.05, 4.69) is 10.1 Å². The third-order valence-corrected chi connectivity index (χ3v) is 5.90. The second kappa shape index (κ2) is 10.6. The van der Waals surface area contributed by atoms with Crippen molar-refractivity contribution in [3.05, 3.63) is 81.6 Å². The number of rotatable bonds is 8. The SMILES string of the molecule is COc1ccc(F)cc1-n1nc(Cn2cc(-c3ccc(Cl)cc3)n(C[C@H](O)C(F)(F)F)c2=O)nc1[C@H](C)O. The monoisotopic (exact) mass is 555 g/mol. The summed E-state index contributed by atoms with van der Waals surface area (Å²) >= 11 is 5.92. The standard InChI is InChI=1S/C24H22ClF4N5O4/c1-13(35)22-30-21(31-34(22)17-9-16(26)7-8-19(17)38-2)12-32-10-18(14-3-5-15(25)6-4-14)33(23(32)37)11-20(36)24(27,28)29/h3-10,13,20,35-36H,11-12H2,1-2H3/t13-,20-/m0/s1. The molecule has 0 radical (unpaired) electrons. The number of aliphatic hydroxyl groups excluding tert-OH is 2. The van der Waals surface area contributed by atoms with Gasteiger partial charge in [0.15, 0.2) is 17.8 Å². The molecule has 2 heterocycles. The lowest BCUT2D eigenvalue weighted by Crippen LogP contribution is -2.37. The highest BCUT2D eigenvalue weighted by Crippen LogP contribution is 2.27. The van der Waals surface area contributed by atoms with Crippen LogP contribution in [0.4, 0.5) is 17.6 Å². The summed E-state index contributed by atoms with van der Waals surface area (Å²) < 4.78 is 61.6. The molecule has 0 saturated carbocycles. The fraction of sp³-hybridized carbons (Fsp3) is 0.292. The van der Waals surface area contributed by atoms with Crippen LogP contribution < -0.4 is 10.4 Å². The lowest BCUT2D eigenvalue weighted by Gasteiger charge is -2.16. The van der Waals surface area contributed by atoms with Crippen molar-refractivity contribution in [3.63, 3.8) is 0 Å². The number of aliphatic hydroxyl groups is 2. The highest BCUT2D eigenvalue weighted by atomic mass is 35.5. The molecule has 0 aliphatic carbocycles. The van der Waals surface area contributed by atoms with Gasteiger partial charge in [-0.25, -0.2) is 18.9 Å². The van der Waals surface area contributed by atoms with Crippen LogP contribution in [0.3, 0.4) is 0 Å². The maximum Gasteiger partial charge on any atom is 0.416 e. The Balaban J connectivity index is 1.79. The summed E-state index contributed by atoms with van der Waals surface area (Å²) in [7, 11) is 1.37. The van der Waals surface area contributed by atoms with E-state index < -0.39 is 36.4 Å². The van der Waals surface area contributed by atoms with Gasteiger partial charge < -0.3 is 14.9 Å². The molecule has 0 aliphatic heterocycles. The van der Waals surface area contributed by atoms with Gasteiger partial charge in [0, 0.05) is 17.3 Å². The van der Waals surface area contributed by atoms with Gasteiger partial charge in [0.1, 0.15) is 23.4 Å². The van der Waals surface area contributed by atoms with Crippen LogP contribution in [0, 0.1) is 5.82 Å². The average Bonchev–Trinajstić information content (AvgIpc) is 3.41. The van der Waals surface area contributed by atoms with E-state index in [1.54, 1.807) is 0 Å². The Morgan fingerprint density at radius 2 is 1.82 bits per heavy atom. The molecule has 0 amide bonds. The minimum absolute atomic E-state index is 0.00508. The highest BCUT2D eigenvalue weighted by Gasteiger charge is 2.39. The van der Waals surface area contributed by atoms with Crippen LogP contribution in [0.15, 0.2) is 53.5 Å². The zero-order chi connectivity index (χ0) is 27.8. The number of benzene rings is 2. The van der Waals surface area contributed by atoms with Gasteiger partial charge in [-0.3, -0.25) is 9.13 Å². The summed E-state index contributed by atoms with van der Waals surface area (Å²) in [5.41, 5.74) is -0.247. The number of nitrogens with zero attached hydrogens (tertiary/aromatic N) is 5. The molecular formula is C24H22ClF4N5O4. The predicted molar refractivity (Wildman–Crippen MR) is 129 cm³/mol. The molecule has 2 atom stereocenters. The Kier molecular flexibility index (Phi) is 7.63. The molecule has 2 aromatic heterocycles. The Morgan fingerprint density at radius 1 is 1.13 bits per heavy atom. The van der Waals surface area contributed by atoms with E-state index in [1.807, 2.05) is 0 Å². The Morgan fingerprint density at radius 3 is 2.42 bits per heavy atom. The van der Waals surface area contributed by atoms with Gasteiger partial charge in [-0.2, -0.15) is 13.2 Å². The number of hydrogen-bond acceptors (Lipinski definition) is 6. The van der Waals surface area contributed by atoms with Crippen molar-refractivity contribution in [3.8, 4) is 22.7 Å². The van der Waals surface area contributed by atoms with Gasteiger partial charge >= 0.3 is 11.9 Å². The van der Waals surface area contributed by atoms with Crippen molar-refractivity contribution in [1.29, 1.82) is 0 Å². The molecule has 14 heteroatoms. The number of aromatic nitrogens is 5. The van der Waals surface area contributed by atoms with Crippen LogP contribution >= 0.6 is 11.6 Å². The highest BCUT2D eigenvalue weighted by molar-refractivity contribution is 6.30. The lowest BCUT2D eigenvalue weighted by molar-refractivity contribution is -0.207. The first-order valence-corrected chi connectivity index (χ1v) is 11.5. The maximum absolute atomic E-state index is 14.0. The van der Waals surface area contributed by atoms with Gasteiger partial charge in [-0.05, 0) is 36.8 Å². The zero-order valence-electron chi connectivity index (χ0n) is 20.0. The van der Waals surface area contributed by atoms with E-state index in [4.69, 9.17) is 16.3 Å². The first-order valence-electron chi connectivity index (χ1n) is 11.2. The van der Waals surface area contributed by atoms with E-state index in [0.29, 0.717) is 10.6 Å². The molecule has 202 valence electrons. The molecule has 4 rings (SSSR count). The minimum Gasteiger partial charge on any atom is -0.494 e. The van der Waals surface area contributed by atoms with Crippen LogP contribution in [0.25, 0.3) is 16.9 Å². The van der Waals surface area contributed by atoms with E-state index in [-0.39, 0.29) is 35.3 Å². The fourth-order valence-corrected chi connectivity index (χ4v) is 3.94. The molecule has 0 spiro atoms. The fourth-order valence-electron chi connectivity index (χ4n) is 3.81. The molecule has 0 aliphatic rings. The third-order valence-electron chi connectivity index (χ3n) is 5.65. The van der Waals surface area contributed by atoms with Gasteiger partial charge in [-0.1, -0.05) is 23.7 Å². The summed E-state index contributed by atoms with van der Waals surface area (Å²) in [5.74, 6) is -0.343. The van der Waals surface area contributed by atoms with E-state index in [0.717, 1.165) is 19.9 Å². The summed E-state index contributed by atoms with van der Waals surface area (Å²) in [5, 5.41) is 24.6. The Labute approximate surface area is 218 Å². The third kappa shape index (κ3) is 5.59. The van der Waals surface area contributed by atoms with E-state index >= 15 is 0 Å². The number of imidazole rings is 1. The number of halogens is 5. The molecule has 0 unspecified atom stereocenters. The molecular weight excluding hydrogens is 534 g/mol. The molecule has 38 heavy (non-hydrogen) atoms. The molecule has 2 N–H and O–H groups in total. The van der Waals surface area contributed by atoms with Crippen LogP contribution in [0.1, 0.15) is 24.7 Å². The molecule has 0 bridgehead atoms. The van der Waals surface area contributed by atoms with Crippen LogP contribution in [-0.2, 0) is 13.1 Å². The van der Waals surface area contributed by atoms with Crippen LogP contribution in [0.2, 0.25) is 5.02 Å². The summed E-state index contributed by atoms with van der Waals surface area (Å²) in [4.78, 5) is 17.4. The van der Waals surface area contributed by atoms with E-state index in [1.165, 1.54) is 56.6 Å². The van der Waals surface area contributed by atoms with Gasteiger partial charge in [0.05, 0.1) is 25.9 Å². The average molecular weight is 556 g/mol. The zero-order valence-corrected chi connectivity index (χ0v) is 20.8. The van der Waals surface area contributed by atoms with Crippen LogP contribution in [0.5, 0.6) is 5.75 Å². The second-order valence-electron chi connectivity index (χ2n) is 8.39. The number of hydrogen-bond donors (Lipinski definition) is 2. The minimum atomic E-state index is -4.95. The first kappa shape index (κ1) is 27.4. The quantitative estimate of drug-likeness (QED) is 0.321. The Hall–Kier alpha value is -3.68. The normalized spacial score (nSPS) is 13.5. The molecule has 9 nitrogen and oxygen atoms in total. The van der Waals surface area contributed by atoms with Crippen molar-refractivity contribution in [2.24, 2.45) is 0 Å². The largest absolute Gasteiger partial charge is 0.494 e. The summed E-state index contributed by atoms with van der Waals surface area (Å²) in [6.07, 6.45) is -7.59. The van der Waals surface area contributed by atoms with E-state index in [9.17, 15) is 32.6 Å². The molecule has 0 fully saturated rings. The Bertz CT molecular complexity index is 1500. The molecule has 0 saturated heterocycles. The lowest BCUT2D eigenvalue weighted by atomic mass is 10.1. The summed E-state index contributed by atoms with van der Waals surface area (Å²) in [6, 6.07) is 9.73. The smallest absolute Gasteiger partial charge is 0.416 e. The number of ether oxygens (including phenoxy) is 1. The first-order chi connectivity index (χ1) is 17.9. The number of alkyl halides is 3. The van der Waals surface area contributed by atoms with Gasteiger partial charge in [0.25, 0.3) is 0 Å². The van der Waals surface area contributed by atoms with Crippen molar-refractivity contribution in [2.75, 3.05) is 7.11 Å². The summed E-state index contributed by atoms with van der Waals surface area (Å²) in [6.45, 7) is 0.0589. The second-order valence-corrected chi connectivity index (χ2v) is 8.83. The number of methoxy groups -OCH3 is 1. The predicted octanol–water partition coefficient (Wildman–Crippen LogP) is 3.72. The van der Waals surface area contributed by atoms with Crippen molar-refractivity contribution in [1.82, 2.24) is 23.9 Å². The van der Waals surface area contributed by atoms with Crippen molar-refractivity contribution in [2.45, 2.75) is 38.4 Å².